The zero-order valence-electron chi connectivity index (χ0n) is 7.66. The largest absolute Gasteiger partial charge is 0.351 e. The minimum Gasteiger partial charge on any atom is -0.351 e. The van der Waals surface area contributed by atoms with Gasteiger partial charge in [-0.05, 0) is 6.42 Å². The van der Waals surface area contributed by atoms with E-state index in [-0.39, 0.29) is 12.2 Å². The van der Waals surface area contributed by atoms with Gasteiger partial charge in [0.25, 0.3) is 0 Å². The van der Waals surface area contributed by atoms with Crippen molar-refractivity contribution in [3.63, 3.8) is 0 Å². The van der Waals surface area contributed by atoms with Gasteiger partial charge in [-0.2, -0.15) is 0 Å². The molecule has 0 aromatic carbocycles. The fourth-order valence-corrected chi connectivity index (χ4v) is 1.50. The second kappa shape index (κ2) is 5.57. The number of amides is 1. The van der Waals surface area contributed by atoms with E-state index in [4.69, 9.17) is 9.47 Å². The smallest absolute Gasteiger partial charge is 0.233 e. The summed E-state index contributed by atoms with van der Waals surface area (Å²) >= 11 is 3.11. The second-order valence-electron chi connectivity index (χ2n) is 2.93. The van der Waals surface area contributed by atoms with Crippen LogP contribution in [-0.2, 0) is 14.3 Å². The normalized spacial score (nSPS) is 18.6. The van der Waals surface area contributed by atoms with Gasteiger partial charge in [-0.1, -0.05) is 15.9 Å². The number of carbonyl (C=O) groups is 1. The summed E-state index contributed by atoms with van der Waals surface area (Å²) in [6, 6.07) is 0. The SMILES string of the molecule is CN(CC1OCCCO1)C(=O)CBr. The maximum absolute atomic E-state index is 11.2. The van der Waals surface area contributed by atoms with Crippen LogP contribution in [0.5, 0.6) is 0 Å². The molecule has 1 saturated heterocycles. The molecule has 0 aliphatic carbocycles. The molecule has 76 valence electrons. The van der Waals surface area contributed by atoms with E-state index in [0.717, 1.165) is 19.6 Å². The summed E-state index contributed by atoms with van der Waals surface area (Å²) < 4.78 is 10.6. The lowest BCUT2D eigenvalue weighted by Gasteiger charge is -2.27. The number of ether oxygens (including phenoxy) is 2. The summed E-state index contributed by atoms with van der Waals surface area (Å²) in [4.78, 5) is 12.8. The first-order chi connectivity index (χ1) is 6.24. The van der Waals surface area contributed by atoms with Gasteiger partial charge < -0.3 is 14.4 Å². The third-order valence-electron chi connectivity index (χ3n) is 1.86. The van der Waals surface area contributed by atoms with Gasteiger partial charge in [0.1, 0.15) is 0 Å². The molecule has 0 N–H and O–H groups in total. The van der Waals surface area contributed by atoms with Crippen LogP contribution in [-0.4, -0.2) is 49.2 Å². The van der Waals surface area contributed by atoms with Crippen molar-refractivity contribution in [1.29, 1.82) is 0 Å². The molecule has 0 aromatic heterocycles. The number of halogens is 1. The van der Waals surface area contributed by atoms with Gasteiger partial charge in [-0.25, -0.2) is 0 Å². The van der Waals surface area contributed by atoms with Crippen LogP contribution < -0.4 is 0 Å². The van der Waals surface area contributed by atoms with Crippen LogP contribution in [0, 0.1) is 0 Å². The van der Waals surface area contributed by atoms with Gasteiger partial charge in [0.05, 0.1) is 25.1 Å². The summed E-state index contributed by atoms with van der Waals surface area (Å²) in [5.74, 6) is 0.0396. The fraction of sp³-hybridized carbons (Fsp3) is 0.875. The molecular formula is C8H14BrNO3. The molecule has 0 aromatic rings. The molecule has 5 heteroatoms. The monoisotopic (exact) mass is 251 g/mol. The Bertz CT molecular complexity index is 171. The Balaban J connectivity index is 2.25. The zero-order valence-corrected chi connectivity index (χ0v) is 9.25. The van der Waals surface area contributed by atoms with Crippen LogP contribution in [0.25, 0.3) is 0 Å². The van der Waals surface area contributed by atoms with Crippen LogP contribution in [0.2, 0.25) is 0 Å². The Morgan fingerprint density at radius 2 is 2.15 bits per heavy atom. The third kappa shape index (κ3) is 3.62. The number of hydrogen-bond donors (Lipinski definition) is 0. The van der Waals surface area contributed by atoms with Gasteiger partial charge in [-0.3, -0.25) is 4.79 Å². The Morgan fingerprint density at radius 3 is 2.69 bits per heavy atom. The standard InChI is InChI=1S/C8H14BrNO3/c1-10(7(11)5-9)6-8-12-3-2-4-13-8/h8H,2-6H2,1H3. The summed E-state index contributed by atoms with van der Waals surface area (Å²) in [5.41, 5.74) is 0. The average molecular weight is 252 g/mol. The van der Waals surface area contributed by atoms with Crippen LogP contribution in [0.4, 0.5) is 0 Å². The lowest BCUT2D eigenvalue weighted by atomic mass is 10.4. The quantitative estimate of drug-likeness (QED) is 0.690. The van der Waals surface area contributed by atoms with Crippen molar-refractivity contribution in [2.24, 2.45) is 0 Å². The molecule has 1 aliphatic heterocycles. The van der Waals surface area contributed by atoms with E-state index in [9.17, 15) is 4.79 Å². The predicted molar refractivity (Wildman–Crippen MR) is 51.7 cm³/mol. The van der Waals surface area contributed by atoms with Crippen molar-refractivity contribution in [3.8, 4) is 0 Å². The third-order valence-corrected chi connectivity index (χ3v) is 2.34. The molecule has 0 atom stereocenters. The Morgan fingerprint density at radius 1 is 1.54 bits per heavy atom. The number of rotatable bonds is 3. The van der Waals surface area contributed by atoms with Crippen molar-refractivity contribution >= 4 is 21.8 Å². The predicted octanol–water partition coefficient (Wildman–Crippen LogP) is 0.603. The number of alkyl halides is 1. The number of carbonyl (C=O) groups excluding carboxylic acids is 1. The molecule has 1 rings (SSSR count). The van der Waals surface area contributed by atoms with Gasteiger partial charge in [-0.15, -0.1) is 0 Å². The van der Waals surface area contributed by atoms with E-state index >= 15 is 0 Å². The maximum Gasteiger partial charge on any atom is 0.233 e. The fourth-order valence-electron chi connectivity index (χ4n) is 1.07. The van der Waals surface area contributed by atoms with Crippen molar-refractivity contribution < 1.29 is 14.3 Å². The first kappa shape index (κ1) is 10.9. The molecule has 0 radical (unpaired) electrons. The van der Waals surface area contributed by atoms with Crippen LogP contribution >= 0.6 is 15.9 Å². The van der Waals surface area contributed by atoms with E-state index < -0.39 is 0 Å². The zero-order chi connectivity index (χ0) is 9.68. The topological polar surface area (TPSA) is 38.8 Å². The number of hydrogen-bond acceptors (Lipinski definition) is 3. The van der Waals surface area contributed by atoms with Crippen molar-refractivity contribution in [3.05, 3.63) is 0 Å². The van der Waals surface area contributed by atoms with E-state index in [0.29, 0.717) is 11.9 Å². The molecule has 0 unspecified atom stereocenters. The van der Waals surface area contributed by atoms with Gasteiger partial charge in [0, 0.05) is 7.05 Å². The summed E-state index contributed by atoms with van der Waals surface area (Å²) in [6.45, 7) is 1.95. The molecule has 0 bridgehead atoms. The minimum absolute atomic E-state index is 0.0396. The molecule has 0 saturated carbocycles. The number of likely N-dealkylation sites (N-methyl/N-ethyl adjacent to an activating group) is 1. The Hall–Kier alpha value is -0.130. The lowest BCUT2D eigenvalue weighted by molar-refractivity contribution is -0.186. The number of nitrogens with zero attached hydrogens (tertiary/aromatic N) is 1. The van der Waals surface area contributed by atoms with Gasteiger partial charge in [0.2, 0.25) is 5.91 Å². The minimum atomic E-state index is -0.248. The summed E-state index contributed by atoms with van der Waals surface area (Å²) in [5, 5.41) is 0.343. The lowest BCUT2D eigenvalue weighted by Crippen LogP contribution is -2.39. The highest BCUT2D eigenvalue weighted by atomic mass is 79.9. The van der Waals surface area contributed by atoms with Crippen molar-refractivity contribution in [2.45, 2.75) is 12.7 Å². The molecule has 13 heavy (non-hydrogen) atoms. The van der Waals surface area contributed by atoms with Crippen LogP contribution in [0.15, 0.2) is 0 Å². The average Bonchev–Trinajstić information content (AvgIpc) is 2.18. The van der Waals surface area contributed by atoms with Crippen LogP contribution in [0.1, 0.15) is 6.42 Å². The molecule has 0 spiro atoms. The highest BCUT2D eigenvalue weighted by Gasteiger charge is 2.18. The Labute approximate surface area is 86.3 Å². The molecule has 1 heterocycles. The van der Waals surface area contributed by atoms with E-state index in [1.54, 1.807) is 11.9 Å². The van der Waals surface area contributed by atoms with E-state index in [2.05, 4.69) is 15.9 Å². The van der Waals surface area contributed by atoms with Gasteiger partial charge >= 0.3 is 0 Å². The molecule has 1 aliphatic rings. The summed E-state index contributed by atoms with van der Waals surface area (Å²) in [7, 11) is 1.74. The molecular weight excluding hydrogens is 238 g/mol. The highest BCUT2D eigenvalue weighted by molar-refractivity contribution is 9.09. The second-order valence-corrected chi connectivity index (χ2v) is 3.49. The Kier molecular flexibility index (Phi) is 4.69. The maximum atomic E-state index is 11.2. The van der Waals surface area contributed by atoms with Crippen molar-refractivity contribution in [1.82, 2.24) is 4.90 Å². The first-order valence-electron chi connectivity index (χ1n) is 4.27. The molecule has 1 fully saturated rings. The van der Waals surface area contributed by atoms with E-state index in [1.807, 2.05) is 0 Å². The first-order valence-corrected chi connectivity index (χ1v) is 5.39. The van der Waals surface area contributed by atoms with Crippen LogP contribution in [0.3, 0.4) is 0 Å². The highest BCUT2D eigenvalue weighted by Crippen LogP contribution is 2.06. The molecule has 1 amide bonds. The van der Waals surface area contributed by atoms with Gasteiger partial charge in [0.15, 0.2) is 6.29 Å². The van der Waals surface area contributed by atoms with Crippen molar-refractivity contribution in [2.75, 3.05) is 32.1 Å². The molecule has 4 nitrogen and oxygen atoms in total. The van der Waals surface area contributed by atoms with E-state index in [1.165, 1.54) is 0 Å². The summed E-state index contributed by atoms with van der Waals surface area (Å²) in [6.07, 6.45) is 0.689.